The Balaban J connectivity index is 2.32. The van der Waals surface area contributed by atoms with E-state index in [9.17, 15) is 4.79 Å². The molecule has 0 aliphatic rings. The fourth-order valence-corrected chi connectivity index (χ4v) is 2.76. The molecule has 0 saturated carbocycles. The second-order valence-corrected chi connectivity index (χ2v) is 5.63. The number of aryl methyl sites for hydroxylation is 1. The number of Topliss-reactive ketones (excluding diaryl/α,β-unsaturated/α-hetero) is 1. The lowest BCUT2D eigenvalue weighted by molar-refractivity contribution is -0.123. The van der Waals surface area contributed by atoms with Crippen LogP contribution in [0.15, 0.2) is 24.4 Å². The maximum absolute atomic E-state index is 12.1. The third-order valence-electron chi connectivity index (χ3n) is 3.53. The van der Waals surface area contributed by atoms with Crippen LogP contribution < -0.4 is 5.09 Å². The molecule has 1 aromatic heterocycles. The predicted molar refractivity (Wildman–Crippen MR) is 83.2 cm³/mol. The largest absolute Gasteiger partial charge is 0.361 e. The van der Waals surface area contributed by atoms with Gasteiger partial charge in [0.1, 0.15) is 0 Å². The van der Waals surface area contributed by atoms with Gasteiger partial charge < -0.3 is 4.98 Å². The molecule has 2 N–H and O–H groups in total. The zero-order valence-corrected chi connectivity index (χ0v) is 12.8. The normalized spacial score (nSPS) is 13.1. The molecule has 2 aromatic rings. The molecule has 0 radical (unpaired) electrons. The Labute approximate surface area is 116 Å². The standard InChI is InChI=1S/C15H21N2OP/c1-9(2)15(18)13(17-19)7-11-8-16-12-6-4-5-10(3)14(11)12/h4-6,8-9,13,16-17H,7,19H2,1-3H3. The third-order valence-corrected chi connectivity index (χ3v) is 3.94. The predicted octanol–water partition coefficient (Wildman–Crippen LogP) is 2.99. The highest BCUT2D eigenvalue weighted by atomic mass is 31.0. The summed E-state index contributed by atoms with van der Waals surface area (Å²) in [5.41, 5.74) is 3.57. The molecule has 0 bridgehead atoms. The van der Waals surface area contributed by atoms with Crippen LogP contribution in [-0.4, -0.2) is 16.8 Å². The van der Waals surface area contributed by atoms with Crippen LogP contribution in [0.5, 0.6) is 0 Å². The van der Waals surface area contributed by atoms with E-state index in [1.165, 1.54) is 16.5 Å². The fourth-order valence-electron chi connectivity index (χ4n) is 2.48. The minimum atomic E-state index is -0.149. The smallest absolute Gasteiger partial charge is 0.152 e. The van der Waals surface area contributed by atoms with Crippen molar-refractivity contribution in [1.82, 2.24) is 10.1 Å². The summed E-state index contributed by atoms with van der Waals surface area (Å²) in [6, 6.07) is 6.07. The maximum Gasteiger partial charge on any atom is 0.152 e. The highest BCUT2D eigenvalue weighted by Gasteiger charge is 2.21. The number of fused-ring (bicyclic) bond motifs is 1. The number of benzene rings is 1. The second kappa shape index (κ2) is 5.85. The summed E-state index contributed by atoms with van der Waals surface area (Å²) in [6.45, 7) is 5.99. The van der Waals surface area contributed by atoms with E-state index >= 15 is 0 Å². The van der Waals surface area contributed by atoms with Gasteiger partial charge in [0.15, 0.2) is 5.78 Å². The van der Waals surface area contributed by atoms with Gasteiger partial charge in [0, 0.05) is 23.0 Å². The molecule has 1 aromatic carbocycles. The lowest BCUT2D eigenvalue weighted by Crippen LogP contribution is -2.35. The summed E-state index contributed by atoms with van der Waals surface area (Å²) in [7, 11) is 2.47. The van der Waals surface area contributed by atoms with Gasteiger partial charge in [-0.25, -0.2) is 0 Å². The minimum Gasteiger partial charge on any atom is -0.361 e. The number of carbonyl (C=O) groups excluding carboxylic acids is 1. The van der Waals surface area contributed by atoms with Crippen molar-refractivity contribution in [3.63, 3.8) is 0 Å². The van der Waals surface area contributed by atoms with E-state index in [4.69, 9.17) is 0 Å². The number of rotatable bonds is 5. The van der Waals surface area contributed by atoms with Crippen molar-refractivity contribution in [2.75, 3.05) is 0 Å². The first-order valence-electron chi connectivity index (χ1n) is 6.60. The van der Waals surface area contributed by atoms with Gasteiger partial charge in [-0.15, -0.1) is 0 Å². The summed E-state index contributed by atoms with van der Waals surface area (Å²) < 4.78 is 0. The van der Waals surface area contributed by atoms with Crippen LogP contribution in [-0.2, 0) is 11.2 Å². The topological polar surface area (TPSA) is 44.9 Å². The monoisotopic (exact) mass is 276 g/mol. The molecule has 4 heteroatoms. The summed E-state index contributed by atoms with van der Waals surface area (Å²) in [5.74, 6) is 0.294. The van der Waals surface area contributed by atoms with E-state index in [-0.39, 0.29) is 17.7 Å². The van der Waals surface area contributed by atoms with Gasteiger partial charge in [-0.05, 0) is 30.5 Å². The van der Waals surface area contributed by atoms with E-state index < -0.39 is 0 Å². The van der Waals surface area contributed by atoms with Gasteiger partial charge in [-0.1, -0.05) is 35.4 Å². The van der Waals surface area contributed by atoms with E-state index in [0.717, 1.165) is 5.52 Å². The molecule has 102 valence electrons. The first-order chi connectivity index (χ1) is 9.04. The molecule has 2 unspecified atom stereocenters. The van der Waals surface area contributed by atoms with Crippen molar-refractivity contribution in [2.45, 2.75) is 33.2 Å². The number of hydrogen-bond acceptors (Lipinski definition) is 2. The number of hydrogen-bond donors (Lipinski definition) is 2. The Morgan fingerprint density at radius 2 is 2.16 bits per heavy atom. The number of ketones is 1. The third kappa shape index (κ3) is 2.88. The van der Waals surface area contributed by atoms with Crippen molar-refractivity contribution in [3.05, 3.63) is 35.5 Å². The highest BCUT2D eigenvalue weighted by Crippen LogP contribution is 2.23. The van der Waals surface area contributed by atoms with E-state index in [2.05, 4.69) is 38.5 Å². The van der Waals surface area contributed by atoms with Gasteiger partial charge in [0.05, 0.1) is 6.04 Å². The van der Waals surface area contributed by atoms with Crippen molar-refractivity contribution >= 4 is 26.1 Å². The number of aromatic nitrogens is 1. The van der Waals surface area contributed by atoms with E-state index in [0.29, 0.717) is 6.42 Å². The number of carbonyl (C=O) groups is 1. The van der Waals surface area contributed by atoms with Crippen LogP contribution >= 0.6 is 9.39 Å². The Hall–Kier alpha value is -1.18. The average Bonchev–Trinajstić information content (AvgIpc) is 2.79. The molecular formula is C15H21N2OP. The lowest BCUT2D eigenvalue weighted by atomic mass is 9.95. The summed E-state index contributed by atoms with van der Waals surface area (Å²) in [5, 5.41) is 4.30. The number of H-pyrrole nitrogens is 1. The zero-order valence-electron chi connectivity index (χ0n) is 11.7. The molecule has 0 amide bonds. The van der Waals surface area contributed by atoms with Crippen molar-refractivity contribution < 1.29 is 4.79 Å². The van der Waals surface area contributed by atoms with Gasteiger partial charge in [0.2, 0.25) is 0 Å². The molecule has 2 rings (SSSR count). The molecule has 3 nitrogen and oxygen atoms in total. The van der Waals surface area contributed by atoms with Crippen LogP contribution in [0.25, 0.3) is 10.9 Å². The van der Waals surface area contributed by atoms with Crippen LogP contribution in [0.4, 0.5) is 0 Å². The summed E-state index contributed by atoms with van der Waals surface area (Å²) in [6.07, 6.45) is 2.73. The van der Waals surface area contributed by atoms with Gasteiger partial charge in [0.25, 0.3) is 0 Å². The quantitative estimate of drug-likeness (QED) is 0.825. The Bertz CT molecular complexity index is 589. The number of aromatic amines is 1. The van der Waals surface area contributed by atoms with Crippen molar-refractivity contribution in [3.8, 4) is 0 Å². The van der Waals surface area contributed by atoms with Crippen LogP contribution in [0.1, 0.15) is 25.0 Å². The van der Waals surface area contributed by atoms with Crippen molar-refractivity contribution in [1.29, 1.82) is 0 Å². The molecule has 0 spiro atoms. The van der Waals surface area contributed by atoms with Gasteiger partial charge >= 0.3 is 0 Å². The Morgan fingerprint density at radius 1 is 1.42 bits per heavy atom. The van der Waals surface area contributed by atoms with Crippen LogP contribution in [0.2, 0.25) is 0 Å². The Kier molecular flexibility index (Phi) is 4.38. The molecule has 0 aliphatic heterocycles. The van der Waals surface area contributed by atoms with Crippen LogP contribution in [0, 0.1) is 12.8 Å². The molecule has 0 aliphatic carbocycles. The molecular weight excluding hydrogens is 255 g/mol. The molecule has 0 fully saturated rings. The fraction of sp³-hybridized carbons (Fsp3) is 0.400. The average molecular weight is 276 g/mol. The molecule has 1 heterocycles. The van der Waals surface area contributed by atoms with Gasteiger partial charge in [-0.3, -0.25) is 9.88 Å². The SMILES string of the molecule is Cc1cccc2[nH]cc(CC(NP)C(=O)C(C)C)c12. The summed E-state index contributed by atoms with van der Waals surface area (Å²) >= 11 is 0. The molecule has 19 heavy (non-hydrogen) atoms. The van der Waals surface area contributed by atoms with Gasteiger partial charge in [-0.2, -0.15) is 0 Å². The Morgan fingerprint density at radius 3 is 2.79 bits per heavy atom. The maximum atomic E-state index is 12.1. The molecule has 0 saturated heterocycles. The molecule has 2 atom stereocenters. The van der Waals surface area contributed by atoms with Crippen molar-refractivity contribution in [2.24, 2.45) is 5.92 Å². The second-order valence-electron chi connectivity index (χ2n) is 5.29. The van der Waals surface area contributed by atoms with E-state index in [1.807, 2.05) is 26.1 Å². The zero-order chi connectivity index (χ0) is 14.0. The lowest BCUT2D eigenvalue weighted by Gasteiger charge is -2.16. The first-order valence-corrected chi connectivity index (χ1v) is 7.17. The highest BCUT2D eigenvalue weighted by molar-refractivity contribution is 7.13. The van der Waals surface area contributed by atoms with E-state index in [1.54, 1.807) is 0 Å². The summed E-state index contributed by atoms with van der Waals surface area (Å²) in [4.78, 5) is 15.4. The minimum absolute atomic E-state index is 0.0457. The first kappa shape index (κ1) is 14.2. The van der Waals surface area contributed by atoms with Crippen LogP contribution in [0.3, 0.4) is 0 Å². The number of nitrogens with one attached hydrogen (secondary N) is 2.